The number of carboxylic acids is 1. The maximum Gasteiger partial charge on any atom is 0.490 e. The highest BCUT2D eigenvalue weighted by Crippen LogP contribution is 2.38. The predicted molar refractivity (Wildman–Crippen MR) is 317 cm³/mol. The molecule has 4 aliphatic heterocycles. The first-order valence-corrected chi connectivity index (χ1v) is 29.8. The van der Waals surface area contributed by atoms with E-state index in [0.29, 0.717) is 31.7 Å². The number of nitrogens with zero attached hydrogens (tertiary/aromatic N) is 8. The third-order valence-electron chi connectivity index (χ3n) is 15.8. The largest absolute Gasteiger partial charge is 0.490 e. The molecule has 6 heterocycles. The lowest BCUT2D eigenvalue weighted by Crippen LogP contribution is -2.52. The maximum absolute atomic E-state index is 13.6. The molecule has 21 heteroatoms. The predicted octanol–water partition coefficient (Wildman–Crippen LogP) is 10.4. The molecule has 2 unspecified atom stereocenters. The van der Waals surface area contributed by atoms with E-state index in [1.807, 2.05) is 64.9 Å². The zero-order chi connectivity index (χ0) is 59.4. The lowest BCUT2D eigenvalue weighted by atomic mass is 9.89. The summed E-state index contributed by atoms with van der Waals surface area (Å²) in [6.07, 6.45) is 7.02. The van der Waals surface area contributed by atoms with Gasteiger partial charge in [0.15, 0.2) is 0 Å². The van der Waals surface area contributed by atoms with E-state index in [1.165, 1.54) is 64.3 Å². The van der Waals surface area contributed by atoms with Crippen LogP contribution in [0.5, 0.6) is 0 Å². The molecule has 10 rings (SSSR count). The number of aromatic nitrogens is 2. The first-order chi connectivity index (χ1) is 38.9. The fourth-order valence-corrected chi connectivity index (χ4v) is 12.0. The highest BCUT2D eigenvalue weighted by atomic mass is 35.5. The standard InChI is InChI=1S/C34H49N5O4.C24H33N5.C2HF3O2.CH2Cl2/c1-33(2,3)42-31(40)38-19-17-37(18-20-38)28-14-9-12-25-22-39(32(41)43-34(4,5)6)26(21-27(25)28)23-36(7)29-15-8-11-24-13-10-16-35-30(24)29;1-28(23-9-2-5-18-7-4-10-26-24(18)23)17-20-15-21-19(16-27-20)6-3-8-22(21)29-13-11-25-12-14-29;3-2(4,5)1(6)7;2-1-3/h9-10,12-14,16,26,29H,8,11,15,17-23H2,1-7H3;3-4,6-8,10,20,23,25,27H,2,5,9,11-17H2,1H3;(H,6,7);1H2/t26?,29-;20?,23-;;/m00../s1. The van der Waals surface area contributed by atoms with Crippen LogP contribution >= 0.6 is 23.2 Å². The van der Waals surface area contributed by atoms with Crippen molar-refractivity contribution in [3.63, 3.8) is 0 Å². The molecule has 2 aliphatic carbocycles. The highest BCUT2D eigenvalue weighted by Gasteiger charge is 2.39. The van der Waals surface area contributed by atoms with Gasteiger partial charge in [0.05, 0.1) is 34.9 Å². The Morgan fingerprint density at radius 1 is 0.671 bits per heavy atom. The second kappa shape index (κ2) is 28.9. The monoisotopic (exact) mass is 1180 g/mol. The summed E-state index contributed by atoms with van der Waals surface area (Å²) in [5.74, 6) is -2.76. The van der Waals surface area contributed by atoms with Crippen molar-refractivity contribution < 1.29 is 42.1 Å². The number of fused-ring (bicyclic) bond motifs is 4. The van der Waals surface area contributed by atoms with Crippen molar-refractivity contribution in [3.05, 3.63) is 118 Å². The number of hydrogen-bond acceptors (Lipinski definition) is 13. The molecule has 3 N–H and O–H groups in total. The van der Waals surface area contributed by atoms with Crippen molar-refractivity contribution in [1.29, 1.82) is 0 Å². The molecule has 0 saturated carbocycles. The number of aliphatic carboxylic acids is 1. The second-order valence-corrected chi connectivity index (χ2v) is 24.8. The maximum atomic E-state index is 13.6. The van der Waals surface area contributed by atoms with Crippen molar-refractivity contribution >= 4 is 52.7 Å². The Bertz CT molecular complexity index is 2750. The van der Waals surface area contributed by atoms with Crippen LogP contribution in [0.4, 0.5) is 34.1 Å². The first-order valence-electron chi connectivity index (χ1n) is 28.8. The molecule has 4 aromatic rings. The van der Waals surface area contributed by atoms with Crippen LogP contribution in [-0.2, 0) is 53.0 Å². The smallest absolute Gasteiger partial charge is 0.475 e. The van der Waals surface area contributed by atoms with Crippen molar-refractivity contribution in [2.45, 2.75) is 148 Å². The number of rotatable bonds is 8. The summed E-state index contributed by atoms with van der Waals surface area (Å²) < 4.78 is 43.3. The zero-order valence-corrected chi connectivity index (χ0v) is 50.6. The van der Waals surface area contributed by atoms with Gasteiger partial charge >= 0.3 is 24.3 Å². The van der Waals surface area contributed by atoms with Crippen LogP contribution in [0, 0.1) is 0 Å². The van der Waals surface area contributed by atoms with Gasteiger partial charge in [0.25, 0.3) is 0 Å². The number of piperazine rings is 2. The van der Waals surface area contributed by atoms with Crippen LogP contribution in [0.2, 0.25) is 0 Å². The minimum absolute atomic E-state index is 0.0503. The van der Waals surface area contributed by atoms with E-state index in [0.717, 1.165) is 96.6 Å². The number of nitrogens with one attached hydrogen (secondary N) is 2. The topological polar surface area (TPSA) is 159 Å². The Hall–Kier alpha value is -5.44. The number of aryl methyl sites for hydroxylation is 2. The number of benzene rings is 2. The summed E-state index contributed by atoms with van der Waals surface area (Å²) in [5, 5.41) is 14.6. The number of ether oxygens (including phenoxy) is 2. The fourth-order valence-electron chi connectivity index (χ4n) is 12.0. The van der Waals surface area contributed by atoms with Gasteiger partial charge in [-0.15, -0.1) is 23.2 Å². The molecule has 0 bridgehead atoms. The summed E-state index contributed by atoms with van der Waals surface area (Å²) in [4.78, 5) is 58.3. The molecule has 2 aromatic heterocycles. The van der Waals surface area contributed by atoms with Gasteiger partial charge in [0.1, 0.15) is 11.2 Å². The Kier molecular flexibility index (Phi) is 22.6. The SMILES string of the molecule is CN(CC1Cc2c(cccc2N2CCN(C(=O)OC(C)(C)C)CC2)CN1C(=O)OC(C)(C)C)[C@H]1CCCc2cccnc21.CN(CC1Cc2c(cccc2N2CCNCC2)CN1)[C@H]1CCCc2cccnc21.ClCCl.O=C(O)C(F)(F)F. The van der Waals surface area contributed by atoms with Crippen molar-refractivity contribution in [1.82, 2.24) is 40.2 Å². The Morgan fingerprint density at radius 2 is 1.15 bits per heavy atom. The molecule has 2 fully saturated rings. The second-order valence-electron chi connectivity index (χ2n) is 24.0. The van der Waals surface area contributed by atoms with Gasteiger partial charge in [0, 0.05) is 108 Å². The van der Waals surface area contributed by atoms with E-state index < -0.39 is 23.3 Å². The van der Waals surface area contributed by atoms with Crippen LogP contribution in [0.15, 0.2) is 73.1 Å². The van der Waals surface area contributed by atoms with Crippen molar-refractivity contribution in [2.24, 2.45) is 0 Å². The van der Waals surface area contributed by atoms with E-state index in [9.17, 15) is 22.8 Å². The summed E-state index contributed by atoms with van der Waals surface area (Å²) in [5.41, 5.74) is 12.3. The van der Waals surface area contributed by atoms with E-state index >= 15 is 0 Å². The average Bonchev–Trinajstić information content (AvgIpc) is 3.59. The summed E-state index contributed by atoms with van der Waals surface area (Å²) in [6.45, 7) is 21.8. The lowest BCUT2D eigenvalue weighted by molar-refractivity contribution is -0.192. The number of carbonyl (C=O) groups excluding carboxylic acids is 2. The Balaban J connectivity index is 0.000000213. The van der Waals surface area contributed by atoms with Crippen LogP contribution < -0.4 is 20.4 Å². The van der Waals surface area contributed by atoms with Gasteiger partial charge in [0.2, 0.25) is 0 Å². The number of likely N-dealkylation sites (N-methyl/N-ethyl adjacent to an activating group) is 2. The number of halogens is 5. The normalized spacial score (nSPS) is 20.7. The summed E-state index contributed by atoms with van der Waals surface area (Å²) in [6, 6.07) is 22.9. The highest BCUT2D eigenvalue weighted by molar-refractivity contribution is 6.40. The number of carboxylic acid groups (broad SMARTS) is 1. The van der Waals surface area contributed by atoms with Gasteiger partial charge in [-0.2, -0.15) is 13.2 Å². The van der Waals surface area contributed by atoms with Crippen LogP contribution in [0.1, 0.15) is 124 Å². The quantitative estimate of drug-likeness (QED) is 0.143. The molecule has 450 valence electrons. The van der Waals surface area contributed by atoms with Gasteiger partial charge in [-0.1, -0.05) is 36.4 Å². The van der Waals surface area contributed by atoms with Gasteiger partial charge in [-0.05, 0) is 165 Å². The number of carbonyl (C=O) groups is 3. The molecule has 2 amide bonds. The van der Waals surface area contributed by atoms with Crippen molar-refractivity contribution in [3.8, 4) is 0 Å². The molecule has 82 heavy (non-hydrogen) atoms. The molecule has 16 nitrogen and oxygen atoms in total. The summed E-state index contributed by atoms with van der Waals surface area (Å²) in [7, 11) is 4.45. The van der Waals surface area contributed by atoms with E-state index in [-0.39, 0.29) is 29.6 Å². The number of anilines is 2. The molecular formula is C61H85Cl2F3N10O6. The zero-order valence-electron chi connectivity index (χ0n) is 49.0. The van der Waals surface area contributed by atoms with Crippen LogP contribution in [0.3, 0.4) is 0 Å². The third kappa shape index (κ3) is 17.6. The Morgan fingerprint density at radius 3 is 1.67 bits per heavy atom. The molecule has 2 aromatic carbocycles. The van der Waals surface area contributed by atoms with Gasteiger partial charge < -0.3 is 39.9 Å². The van der Waals surface area contributed by atoms with Gasteiger partial charge in [-0.3, -0.25) is 24.7 Å². The fraction of sp³-hybridized carbons (Fsp3) is 0.590. The lowest BCUT2D eigenvalue weighted by Gasteiger charge is -2.43. The van der Waals surface area contributed by atoms with E-state index in [4.69, 9.17) is 52.5 Å². The van der Waals surface area contributed by atoms with Crippen LogP contribution in [0.25, 0.3) is 0 Å². The molecule has 0 radical (unpaired) electrons. The summed E-state index contributed by atoms with van der Waals surface area (Å²) >= 11 is 9.53. The number of alkyl halides is 5. The number of pyridine rings is 2. The van der Waals surface area contributed by atoms with E-state index in [2.05, 4.69) is 98.9 Å². The minimum Gasteiger partial charge on any atom is -0.475 e. The Labute approximate surface area is 493 Å². The molecule has 0 spiro atoms. The minimum atomic E-state index is -5.08. The first kappa shape index (κ1) is 64.1. The van der Waals surface area contributed by atoms with Gasteiger partial charge in [-0.25, -0.2) is 14.4 Å². The molecule has 2 saturated heterocycles. The molecule has 6 aliphatic rings. The molecular weight excluding hydrogens is 1100 g/mol. The number of amides is 2. The average molecular weight is 1180 g/mol. The molecule has 4 atom stereocenters. The van der Waals surface area contributed by atoms with E-state index in [1.54, 1.807) is 10.5 Å². The number of hydrogen-bond donors (Lipinski definition) is 3. The van der Waals surface area contributed by atoms with Crippen LogP contribution in [-0.4, -0.2) is 167 Å². The van der Waals surface area contributed by atoms with Crippen molar-refractivity contribution in [2.75, 3.05) is 94.7 Å². The third-order valence-corrected chi connectivity index (χ3v) is 15.8.